The number of hydrogen-bond acceptors (Lipinski definition) is 4. The molecule has 1 heterocycles. The zero-order valence-electron chi connectivity index (χ0n) is 7.73. The molecule has 1 aliphatic carbocycles. The summed E-state index contributed by atoms with van der Waals surface area (Å²) in [5.74, 6) is 1.86. The van der Waals surface area contributed by atoms with Crippen LogP contribution >= 0.6 is 0 Å². The SMILES string of the molecule is CC(O)Cc1noc(C2CCC2)n1. The van der Waals surface area contributed by atoms with Gasteiger partial charge in [0.2, 0.25) is 5.89 Å². The van der Waals surface area contributed by atoms with Crippen LogP contribution < -0.4 is 0 Å². The highest BCUT2D eigenvalue weighted by Gasteiger charge is 2.25. The molecule has 0 aliphatic heterocycles. The molecule has 0 saturated heterocycles. The quantitative estimate of drug-likeness (QED) is 0.764. The van der Waals surface area contributed by atoms with Gasteiger partial charge in [-0.25, -0.2) is 0 Å². The molecule has 72 valence electrons. The van der Waals surface area contributed by atoms with E-state index in [-0.39, 0.29) is 0 Å². The van der Waals surface area contributed by atoms with Crippen LogP contribution in [0.15, 0.2) is 4.52 Å². The summed E-state index contributed by atoms with van der Waals surface area (Å²) in [6.07, 6.45) is 3.67. The van der Waals surface area contributed by atoms with Crippen LogP contribution in [0.4, 0.5) is 0 Å². The van der Waals surface area contributed by atoms with Crippen molar-refractivity contribution in [2.24, 2.45) is 0 Å². The standard InChI is InChI=1S/C9H14N2O2/c1-6(12)5-8-10-9(13-11-8)7-3-2-4-7/h6-7,12H,2-5H2,1H3. The van der Waals surface area contributed by atoms with Gasteiger partial charge in [0.25, 0.3) is 0 Å². The number of rotatable bonds is 3. The Balaban J connectivity index is 2.00. The molecule has 4 heteroatoms. The second-order valence-corrected chi connectivity index (χ2v) is 3.73. The van der Waals surface area contributed by atoms with E-state index in [4.69, 9.17) is 9.63 Å². The molecular weight excluding hydrogens is 168 g/mol. The normalized spacial score (nSPS) is 19.8. The summed E-state index contributed by atoms with van der Waals surface area (Å²) in [7, 11) is 0. The minimum absolute atomic E-state index is 0.396. The van der Waals surface area contributed by atoms with Gasteiger partial charge in [-0.05, 0) is 19.8 Å². The van der Waals surface area contributed by atoms with Crippen LogP contribution in [-0.4, -0.2) is 21.4 Å². The molecule has 1 saturated carbocycles. The van der Waals surface area contributed by atoms with Gasteiger partial charge in [0.1, 0.15) is 0 Å². The van der Waals surface area contributed by atoms with Crippen molar-refractivity contribution in [3.63, 3.8) is 0 Å². The van der Waals surface area contributed by atoms with E-state index in [1.54, 1.807) is 6.92 Å². The van der Waals surface area contributed by atoms with Crippen molar-refractivity contribution in [3.05, 3.63) is 11.7 Å². The molecule has 0 spiro atoms. The van der Waals surface area contributed by atoms with E-state index in [2.05, 4.69) is 10.1 Å². The number of aromatic nitrogens is 2. The van der Waals surface area contributed by atoms with Crippen LogP contribution in [0, 0.1) is 0 Å². The Bertz CT molecular complexity index is 279. The zero-order chi connectivity index (χ0) is 9.26. The van der Waals surface area contributed by atoms with E-state index in [1.165, 1.54) is 6.42 Å². The van der Waals surface area contributed by atoms with E-state index in [0.29, 0.717) is 18.2 Å². The summed E-state index contributed by atoms with van der Waals surface area (Å²) >= 11 is 0. The van der Waals surface area contributed by atoms with Gasteiger partial charge in [0.15, 0.2) is 5.82 Å². The van der Waals surface area contributed by atoms with Crippen molar-refractivity contribution in [3.8, 4) is 0 Å². The number of nitrogens with zero attached hydrogens (tertiary/aromatic N) is 2. The minimum atomic E-state index is -0.396. The second-order valence-electron chi connectivity index (χ2n) is 3.73. The van der Waals surface area contributed by atoms with Gasteiger partial charge in [-0.2, -0.15) is 4.98 Å². The molecule has 13 heavy (non-hydrogen) atoms. The third kappa shape index (κ3) is 1.88. The molecule has 0 amide bonds. The van der Waals surface area contributed by atoms with Gasteiger partial charge in [0, 0.05) is 12.3 Å². The average molecular weight is 182 g/mol. The van der Waals surface area contributed by atoms with Crippen LogP contribution in [0.2, 0.25) is 0 Å². The van der Waals surface area contributed by atoms with Crippen molar-refractivity contribution in [1.29, 1.82) is 0 Å². The largest absolute Gasteiger partial charge is 0.393 e. The Hall–Kier alpha value is -0.900. The molecule has 1 aliphatic rings. The predicted octanol–water partition coefficient (Wildman–Crippen LogP) is 1.26. The van der Waals surface area contributed by atoms with Crippen LogP contribution in [0.5, 0.6) is 0 Å². The van der Waals surface area contributed by atoms with Crippen LogP contribution in [0.1, 0.15) is 43.8 Å². The average Bonchev–Trinajstić information content (AvgIpc) is 2.31. The van der Waals surface area contributed by atoms with E-state index in [9.17, 15) is 0 Å². The lowest BCUT2D eigenvalue weighted by Gasteiger charge is -2.20. The first-order valence-electron chi connectivity index (χ1n) is 4.76. The molecule has 2 rings (SSSR count). The summed E-state index contributed by atoms with van der Waals surface area (Å²) in [5, 5.41) is 12.9. The lowest BCUT2D eigenvalue weighted by Crippen LogP contribution is -2.10. The van der Waals surface area contributed by atoms with Gasteiger partial charge in [0.05, 0.1) is 6.10 Å². The van der Waals surface area contributed by atoms with E-state index < -0.39 is 6.10 Å². The molecule has 0 bridgehead atoms. The van der Waals surface area contributed by atoms with Crippen LogP contribution in [-0.2, 0) is 6.42 Å². The topological polar surface area (TPSA) is 59.2 Å². The lowest BCUT2D eigenvalue weighted by molar-refractivity contribution is 0.191. The summed E-state index contributed by atoms with van der Waals surface area (Å²) in [6.45, 7) is 1.72. The van der Waals surface area contributed by atoms with Crippen molar-refractivity contribution in [2.45, 2.75) is 44.6 Å². The molecule has 1 atom stereocenters. The fourth-order valence-corrected chi connectivity index (χ4v) is 1.44. The fraction of sp³-hybridized carbons (Fsp3) is 0.778. The van der Waals surface area contributed by atoms with Crippen molar-refractivity contribution < 1.29 is 9.63 Å². The summed E-state index contributed by atoms with van der Waals surface area (Å²) < 4.78 is 5.10. The van der Waals surface area contributed by atoms with Crippen molar-refractivity contribution in [1.82, 2.24) is 10.1 Å². The van der Waals surface area contributed by atoms with E-state index in [1.807, 2.05) is 0 Å². The van der Waals surface area contributed by atoms with Gasteiger partial charge in [-0.3, -0.25) is 0 Å². The summed E-state index contributed by atoms with van der Waals surface area (Å²) in [5.41, 5.74) is 0. The third-order valence-corrected chi connectivity index (χ3v) is 2.42. The van der Waals surface area contributed by atoms with Gasteiger partial charge in [-0.15, -0.1) is 0 Å². The Kier molecular flexibility index (Phi) is 2.31. The summed E-state index contributed by atoms with van der Waals surface area (Å²) in [6, 6.07) is 0. The highest BCUT2D eigenvalue weighted by Crippen LogP contribution is 2.35. The molecule has 1 fully saturated rings. The minimum Gasteiger partial charge on any atom is -0.393 e. The molecule has 4 nitrogen and oxygen atoms in total. The fourth-order valence-electron chi connectivity index (χ4n) is 1.44. The molecule has 1 aromatic heterocycles. The maximum atomic E-state index is 9.10. The number of aliphatic hydroxyl groups is 1. The van der Waals surface area contributed by atoms with Gasteiger partial charge >= 0.3 is 0 Å². The lowest BCUT2D eigenvalue weighted by atomic mass is 9.85. The maximum absolute atomic E-state index is 9.10. The molecule has 1 aromatic rings. The number of aliphatic hydroxyl groups excluding tert-OH is 1. The molecule has 0 radical (unpaired) electrons. The molecule has 0 aromatic carbocycles. The van der Waals surface area contributed by atoms with E-state index in [0.717, 1.165) is 18.7 Å². The van der Waals surface area contributed by atoms with Crippen LogP contribution in [0.3, 0.4) is 0 Å². The Morgan fingerprint density at radius 2 is 2.38 bits per heavy atom. The summed E-state index contributed by atoms with van der Waals surface area (Å²) in [4.78, 5) is 4.23. The van der Waals surface area contributed by atoms with Crippen molar-refractivity contribution in [2.75, 3.05) is 0 Å². The highest BCUT2D eigenvalue weighted by atomic mass is 16.5. The second kappa shape index (κ2) is 3.46. The van der Waals surface area contributed by atoms with Crippen LogP contribution in [0.25, 0.3) is 0 Å². The third-order valence-electron chi connectivity index (χ3n) is 2.42. The molecule has 1 unspecified atom stereocenters. The number of hydrogen-bond donors (Lipinski definition) is 1. The first-order valence-corrected chi connectivity index (χ1v) is 4.76. The molecule has 1 N–H and O–H groups in total. The first kappa shape index (κ1) is 8.69. The highest BCUT2D eigenvalue weighted by molar-refractivity contribution is 4.98. The Labute approximate surface area is 77.0 Å². The predicted molar refractivity (Wildman–Crippen MR) is 46.3 cm³/mol. The Morgan fingerprint density at radius 1 is 1.62 bits per heavy atom. The zero-order valence-corrected chi connectivity index (χ0v) is 7.73. The monoisotopic (exact) mass is 182 g/mol. The first-order chi connectivity index (χ1) is 6.25. The molecular formula is C9H14N2O2. The van der Waals surface area contributed by atoms with E-state index >= 15 is 0 Å². The van der Waals surface area contributed by atoms with Crippen molar-refractivity contribution >= 4 is 0 Å². The Morgan fingerprint density at radius 3 is 2.92 bits per heavy atom. The van der Waals surface area contributed by atoms with Gasteiger partial charge < -0.3 is 9.63 Å². The van der Waals surface area contributed by atoms with Gasteiger partial charge in [-0.1, -0.05) is 11.6 Å². The smallest absolute Gasteiger partial charge is 0.229 e. The maximum Gasteiger partial charge on any atom is 0.229 e.